The van der Waals surface area contributed by atoms with E-state index >= 15 is 0 Å². The summed E-state index contributed by atoms with van der Waals surface area (Å²) < 4.78 is 27.7. The Morgan fingerprint density at radius 3 is 2.62 bits per heavy atom. The lowest BCUT2D eigenvalue weighted by atomic mass is 10.2. The predicted octanol–water partition coefficient (Wildman–Crippen LogP) is 4.65. The van der Waals surface area contributed by atoms with E-state index in [0.717, 1.165) is 10.7 Å². The van der Waals surface area contributed by atoms with Crippen LogP contribution in [0, 0.1) is 0 Å². The van der Waals surface area contributed by atoms with E-state index in [1.807, 2.05) is 5.38 Å². The Morgan fingerprint density at radius 1 is 1.17 bits per heavy atom. The maximum absolute atomic E-state index is 12.6. The molecular weight excluding hydrogens is 430 g/mol. The lowest BCUT2D eigenvalue weighted by Crippen LogP contribution is -2.23. The zero-order valence-electron chi connectivity index (χ0n) is 15.8. The van der Waals surface area contributed by atoms with E-state index in [-0.39, 0.29) is 22.9 Å². The fourth-order valence-electron chi connectivity index (χ4n) is 2.51. The van der Waals surface area contributed by atoms with E-state index in [1.165, 1.54) is 24.3 Å². The molecule has 0 atom stereocenters. The van der Waals surface area contributed by atoms with Gasteiger partial charge in [0.1, 0.15) is 0 Å². The summed E-state index contributed by atoms with van der Waals surface area (Å²) in [6.45, 7) is 4.40. The SMILES string of the molecule is CC(C)c1nc(CNC(=O)c2cccc(S(=O)(=O)Nc3cccc(Cl)c3)c2)cs1. The minimum absolute atomic E-state index is 0.0131. The van der Waals surface area contributed by atoms with Crippen molar-refractivity contribution in [2.24, 2.45) is 0 Å². The van der Waals surface area contributed by atoms with Crippen LogP contribution < -0.4 is 10.0 Å². The molecule has 9 heteroatoms. The maximum atomic E-state index is 12.6. The summed E-state index contributed by atoms with van der Waals surface area (Å²) in [5.41, 5.74) is 1.37. The van der Waals surface area contributed by atoms with Crippen molar-refractivity contribution in [3.8, 4) is 0 Å². The van der Waals surface area contributed by atoms with Crippen molar-refractivity contribution in [1.29, 1.82) is 0 Å². The van der Waals surface area contributed by atoms with Crippen LogP contribution in [0.15, 0.2) is 58.8 Å². The van der Waals surface area contributed by atoms with Crippen molar-refractivity contribution in [3.63, 3.8) is 0 Å². The first kappa shape index (κ1) is 21.3. The second kappa shape index (κ2) is 8.94. The van der Waals surface area contributed by atoms with E-state index in [2.05, 4.69) is 28.9 Å². The minimum atomic E-state index is -3.86. The van der Waals surface area contributed by atoms with E-state index in [0.29, 0.717) is 16.6 Å². The van der Waals surface area contributed by atoms with Crippen LogP contribution in [0.4, 0.5) is 5.69 Å². The highest BCUT2D eigenvalue weighted by Gasteiger charge is 2.17. The summed E-state index contributed by atoms with van der Waals surface area (Å²) in [5.74, 6) is -0.0396. The summed E-state index contributed by atoms with van der Waals surface area (Å²) in [6, 6.07) is 12.3. The Balaban J connectivity index is 1.71. The molecule has 0 radical (unpaired) electrons. The van der Waals surface area contributed by atoms with Gasteiger partial charge in [-0.05, 0) is 36.4 Å². The summed E-state index contributed by atoms with van der Waals surface area (Å²) in [7, 11) is -3.86. The van der Waals surface area contributed by atoms with Crippen LogP contribution in [-0.4, -0.2) is 19.3 Å². The molecule has 0 aliphatic heterocycles. The lowest BCUT2D eigenvalue weighted by molar-refractivity contribution is 0.0950. The molecule has 2 N–H and O–H groups in total. The van der Waals surface area contributed by atoms with Gasteiger partial charge < -0.3 is 5.32 Å². The van der Waals surface area contributed by atoms with Gasteiger partial charge in [-0.1, -0.05) is 37.6 Å². The van der Waals surface area contributed by atoms with Crippen molar-refractivity contribution in [2.75, 3.05) is 4.72 Å². The lowest BCUT2D eigenvalue weighted by Gasteiger charge is -2.10. The van der Waals surface area contributed by atoms with Gasteiger partial charge in [0.05, 0.1) is 27.8 Å². The Kier molecular flexibility index (Phi) is 6.56. The molecule has 0 fully saturated rings. The first-order chi connectivity index (χ1) is 13.7. The molecule has 1 aromatic heterocycles. The molecule has 1 heterocycles. The van der Waals surface area contributed by atoms with Crippen LogP contribution in [0.1, 0.15) is 40.8 Å². The summed E-state index contributed by atoms with van der Waals surface area (Å²) in [4.78, 5) is 16.9. The molecule has 152 valence electrons. The number of rotatable bonds is 7. The van der Waals surface area contributed by atoms with Crippen LogP contribution in [0.5, 0.6) is 0 Å². The highest BCUT2D eigenvalue weighted by atomic mass is 35.5. The van der Waals surface area contributed by atoms with Gasteiger partial charge in [-0.3, -0.25) is 9.52 Å². The Hall–Kier alpha value is -2.42. The minimum Gasteiger partial charge on any atom is -0.346 e. The fraction of sp³-hybridized carbons (Fsp3) is 0.200. The average molecular weight is 450 g/mol. The van der Waals surface area contributed by atoms with Crippen LogP contribution in [0.3, 0.4) is 0 Å². The molecule has 0 aliphatic carbocycles. The molecule has 0 bridgehead atoms. The van der Waals surface area contributed by atoms with E-state index in [9.17, 15) is 13.2 Å². The molecule has 3 aromatic rings. The summed E-state index contributed by atoms with van der Waals surface area (Å²) >= 11 is 7.45. The van der Waals surface area contributed by atoms with Gasteiger partial charge >= 0.3 is 0 Å². The number of hydrogen-bond donors (Lipinski definition) is 2. The number of nitrogens with zero attached hydrogens (tertiary/aromatic N) is 1. The summed E-state index contributed by atoms with van der Waals surface area (Å²) in [5, 5.41) is 6.11. The molecule has 6 nitrogen and oxygen atoms in total. The Morgan fingerprint density at radius 2 is 1.93 bits per heavy atom. The standard InChI is InChI=1S/C20H20ClN3O3S2/c1-13(2)20-23-17(12-28-20)11-22-19(25)14-5-3-8-18(9-14)29(26,27)24-16-7-4-6-15(21)10-16/h3-10,12-13,24H,11H2,1-2H3,(H,22,25). The third-order valence-electron chi connectivity index (χ3n) is 3.98. The normalized spacial score (nSPS) is 11.4. The van der Waals surface area contributed by atoms with Gasteiger partial charge in [0.25, 0.3) is 15.9 Å². The molecule has 1 amide bonds. The second-order valence-electron chi connectivity index (χ2n) is 6.66. The third-order valence-corrected chi connectivity index (χ3v) is 6.79. The average Bonchev–Trinajstić information content (AvgIpc) is 3.15. The van der Waals surface area contributed by atoms with Crippen LogP contribution in [0.25, 0.3) is 0 Å². The molecular formula is C20H20ClN3O3S2. The predicted molar refractivity (Wildman–Crippen MR) is 116 cm³/mol. The number of benzene rings is 2. The molecule has 0 saturated carbocycles. The fourth-order valence-corrected chi connectivity index (χ4v) is 4.63. The van der Waals surface area contributed by atoms with Crippen LogP contribution in [-0.2, 0) is 16.6 Å². The van der Waals surface area contributed by atoms with E-state index in [1.54, 1.807) is 35.6 Å². The second-order valence-corrected chi connectivity index (χ2v) is 9.67. The zero-order valence-corrected chi connectivity index (χ0v) is 18.2. The molecule has 2 aromatic carbocycles. The maximum Gasteiger partial charge on any atom is 0.261 e. The Bertz CT molecular complexity index is 1130. The third kappa shape index (κ3) is 5.56. The van der Waals surface area contributed by atoms with Gasteiger partial charge in [0.15, 0.2) is 0 Å². The van der Waals surface area contributed by atoms with Crippen molar-refractivity contribution in [1.82, 2.24) is 10.3 Å². The first-order valence-electron chi connectivity index (χ1n) is 8.85. The van der Waals surface area contributed by atoms with Crippen molar-refractivity contribution >= 4 is 44.6 Å². The molecule has 3 rings (SSSR count). The molecule has 0 saturated heterocycles. The highest BCUT2D eigenvalue weighted by molar-refractivity contribution is 7.92. The number of thiazole rings is 1. The number of nitrogens with one attached hydrogen (secondary N) is 2. The molecule has 0 unspecified atom stereocenters. The number of aromatic nitrogens is 1. The molecule has 29 heavy (non-hydrogen) atoms. The first-order valence-corrected chi connectivity index (χ1v) is 11.6. The molecule has 0 spiro atoms. The van der Waals surface area contributed by atoms with Gasteiger partial charge in [0, 0.05) is 21.9 Å². The largest absolute Gasteiger partial charge is 0.346 e. The number of carbonyl (C=O) groups excluding carboxylic acids is 1. The monoisotopic (exact) mass is 449 g/mol. The number of anilines is 1. The van der Waals surface area contributed by atoms with Crippen molar-refractivity contribution < 1.29 is 13.2 Å². The topological polar surface area (TPSA) is 88.2 Å². The van der Waals surface area contributed by atoms with Crippen LogP contribution in [0.2, 0.25) is 5.02 Å². The van der Waals surface area contributed by atoms with Gasteiger partial charge in [0.2, 0.25) is 0 Å². The van der Waals surface area contributed by atoms with E-state index < -0.39 is 10.0 Å². The van der Waals surface area contributed by atoms with Crippen LogP contribution >= 0.6 is 22.9 Å². The van der Waals surface area contributed by atoms with E-state index in [4.69, 9.17) is 11.6 Å². The van der Waals surface area contributed by atoms with Gasteiger partial charge in [-0.25, -0.2) is 13.4 Å². The van der Waals surface area contributed by atoms with Gasteiger partial charge in [-0.2, -0.15) is 0 Å². The number of amides is 1. The van der Waals surface area contributed by atoms with Gasteiger partial charge in [-0.15, -0.1) is 11.3 Å². The number of hydrogen-bond acceptors (Lipinski definition) is 5. The zero-order chi connectivity index (χ0) is 21.0. The Labute approximate surface area is 179 Å². The number of sulfonamides is 1. The van der Waals surface area contributed by atoms with Crippen molar-refractivity contribution in [3.05, 3.63) is 75.2 Å². The quantitative estimate of drug-likeness (QED) is 0.549. The van der Waals surface area contributed by atoms with Crippen molar-refractivity contribution in [2.45, 2.75) is 31.2 Å². The smallest absolute Gasteiger partial charge is 0.261 e. The number of halogens is 1. The molecule has 0 aliphatic rings. The number of carbonyl (C=O) groups is 1. The summed E-state index contributed by atoms with van der Waals surface area (Å²) in [6.07, 6.45) is 0. The highest BCUT2D eigenvalue weighted by Crippen LogP contribution is 2.21.